The van der Waals surface area contributed by atoms with E-state index >= 15 is 0 Å². The molecule has 2 aliphatic carbocycles. The van der Waals surface area contributed by atoms with E-state index in [9.17, 15) is 4.79 Å². The van der Waals surface area contributed by atoms with Gasteiger partial charge in [-0.05, 0) is 41.9 Å². The molecule has 0 aromatic heterocycles. The lowest BCUT2D eigenvalue weighted by Gasteiger charge is -2.39. The van der Waals surface area contributed by atoms with Crippen molar-refractivity contribution in [3.8, 4) is 0 Å². The van der Waals surface area contributed by atoms with Gasteiger partial charge < -0.3 is 10.6 Å². The molecular weight excluding hydrogens is 236 g/mol. The predicted octanol–water partition coefficient (Wildman–Crippen LogP) is 2.56. The number of carbonyl (C=O) groups excluding carboxylic acids is 1. The van der Waals surface area contributed by atoms with Crippen LogP contribution in [-0.4, -0.2) is 25.0 Å². The smallest absolute Gasteiger partial charge is 0.233 e. The van der Waals surface area contributed by atoms with Crippen LogP contribution in [0.1, 0.15) is 53.9 Å². The molecule has 0 saturated heterocycles. The third-order valence-electron chi connectivity index (χ3n) is 6.01. The summed E-state index contributed by atoms with van der Waals surface area (Å²) < 4.78 is 0. The van der Waals surface area contributed by atoms with Gasteiger partial charge in [-0.1, -0.05) is 34.6 Å². The van der Waals surface area contributed by atoms with Crippen molar-refractivity contribution in [3.63, 3.8) is 0 Å². The van der Waals surface area contributed by atoms with Gasteiger partial charge in [0.1, 0.15) is 0 Å². The molecule has 0 heterocycles. The molecule has 2 bridgehead atoms. The quantitative estimate of drug-likeness (QED) is 0.803. The Bertz CT molecular complexity index is 351. The number of nitrogens with one attached hydrogen (secondary N) is 2. The summed E-state index contributed by atoms with van der Waals surface area (Å²) in [4.78, 5) is 11.8. The summed E-state index contributed by atoms with van der Waals surface area (Å²) in [5.74, 6) is 1.48. The number of hydrogen-bond acceptors (Lipinski definition) is 2. The standard InChI is InChI=1S/C16H30N2O/c1-11(2)9-18-14(19)10-17-13-8-12-6-7-16(13,5)15(12,3)4/h11-13,17H,6-10H2,1-5H3,(H,18,19). The highest BCUT2D eigenvalue weighted by Crippen LogP contribution is 2.65. The number of hydrogen-bond donors (Lipinski definition) is 2. The molecule has 0 spiro atoms. The van der Waals surface area contributed by atoms with Gasteiger partial charge in [0.2, 0.25) is 5.91 Å². The molecule has 0 radical (unpaired) electrons. The topological polar surface area (TPSA) is 41.1 Å². The van der Waals surface area contributed by atoms with E-state index in [-0.39, 0.29) is 5.91 Å². The van der Waals surface area contributed by atoms with E-state index in [4.69, 9.17) is 0 Å². The fraction of sp³-hybridized carbons (Fsp3) is 0.938. The fourth-order valence-electron chi connectivity index (χ4n) is 4.11. The van der Waals surface area contributed by atoms with Gasteiger partial charge in [-0.3, -0.25) is 4.79 Å². The lowest BCUT2D eigenvalue weighted by molar-refractivity contribution is -0.120. The molecule has 110 valence electrons. The van der Waals surface area contributed by atoms with Crippen molar-refractivity contribution in [1.29, 1.82) is 0 Å². The van der Waals surface area contributed by atoms with E-state index in [0.717, 1.165) is 12.5 Å². The highest BCUT2D eigenvalue weighted by molar-refractivity contribution is 5.78. The molecule has 19 heavy (non-hydrogen) atoms. The summed E-state index contributed by atoms with van der Waals surface area (Å²) >= 11 is 0. The second-order valence-corrected chi connectivity index (χ2v) is 7.74. The van der Waals surface area contributed by atoms with Crippen LogP contribution in [0, 0.1) is 22.7 Å². The summed E-state index contributed by atoms with van der Waals surface area (Å²) in [6.07, 6.45) is 3.90. The zero-order valence-electron chi connectivity index (χ0n) is 13.2. The molecule has 3 nitrogen and oxygen atoms in total. The second-order valence-electron chi connectivity index (χ2n) is 7.74. The third kappa shape index (κ3) is 2.54. The summed E-state index contributed by atoms with van der Waals surface area (Å²) in [6, 6.07) is 0.506. The van der Waals surface area contributed by atoms with Gasteiger partial charge in [0.25, 0.3) is 0 Å². The molecule has 3 heteroatoms. The Balaban J connectivity index is 1.84. The maximum absolute atomic E-state index is 11.8. The second kappa shape index (κ2) is 5.08. The molecule has 2 N–H and O–H groups in total. The molecule has 2 fully saturated rings. The van der Waals surface area contributed by atoms with Crippen LogP contribution >= 0.6 is 0 Å². The van der Waals surface area contributed by atoms with E-state index < -0.39 is 0 Å². The minimum atomic E-state index is 0.137. The van der Waals surface area contributed by atoms with Crippen LogP contribution in [0.15, 0.2) is 0 Å². The minimum Gasteiger partial charge on any atom is -0.355 e. The Morgan fingerprint density at radius 1 is 1.32 bits per heavy atom. The van der Waals surface area contributed by atoms with Crippen molar-refractivity contribution in [2.24, 2.45) is 22.7 Å². The van der Waals surface area contributed by atoms with E-state index in [1.54, 1.807) is 0 Å². The van der Waals surface area contributed by atoms with Crippen LogP contribution in [0.2, 0.25) is 0 Å². The first-order valence-corrected chi connectivity index (χ1v) is 7.77. The van der Waals surface area contributed by atoms with E-state index in [1.807, 2.05) is 0 Å². The largest absolute Gasteiger partial charge is 0.355 e. The van der Waals surface area contributed by atoms with Gasteiger partial charge in [-0.2, -0.15) is 0 Å². The molecule has 3 unspecified atom stereocenters. The van der Waals surface area contributed by atoms with Gasteiger partial charge in [-0.25, -0.2) is 0 Å². The Morgan fingerprint density at radius 2 is 2.00 bits per heavy atom. The molecule has 3 atom stereocenters. The summed E-state index contributed by atoms with van der Waals surface area (Å²) in [6.45, 7) is 12.7. The Kier molecular flexibility index (Phi) is 3.97. The molecule has 0 aromatic carbocycles. The average molecular weight is 266 g/mol. The van der Waals surface area contributed by atoms with Gasteiger partial charge >= 0.3 is 0 Å². The van der Waals surface area contributed by atoms with E-state index in [1.165, 1.54) is 19.3 Å². The highest BCUT2D eigenvalue weighted by Gasteiger charge is 2.61. The predicted molar refractivity (Wildman–Crippen MR) is 78.9 cm³/mol. The first kappa shape index (κ1) is 14.8. The Labute approximate surface area is 117 Å². The maximum atomic E-state index is 11.8. The minimum absolute atomic E-state index is 0.137. The molecule has 2 saturated carbocycles. The van der Waals surface area contributed by atoms with Crippen molar-refractivity contribution in [2.75, 3.05) is 13.1 Å². The monoisotopic (exact) mass is 266 g/mol. The van der Waals surface area contributed by atoms with Crippen molar-refractivity contribution < 1.29 is 4.79 Å². The molecule has 0 aromatic rings. The first-order valence-electron chi connectivity index (χ1n) is 7.77. The van der Waals surface area contributed by atoms with Crippen molar-refractivity contribution in [1.82, 2.24) is 10.6 Å². The zero-order valence-corrected chi connectivity index (χ0v) is 13.2. The molecule has 2 rings (SSSR count). The van der Waals surface area contributed by atoms with Crippen molar-refractivity contribution in [3.05, 3.63) is 0 Å². The Hall–Kier alpha value is -0.570. The highest BCUT2D eigenvalue weighted by atomic mass is 16.1. The lowest BCUT2D eigenvalue weighted by Crippen LogP contribution is -2.48. The van der Waals surface area contributed by atoms with Crippen LogP contribution in [-0.2, 0) is 4.79 Å². The van der Waals surface area contributed by atoms with Gasteiger partial charge in [0, 0.05) is 12.6 Å². The lowest BCUT2D eigenvalue weighted by atomic mass is 9.69. The van der Waals surface area contributed by atoms with Crippen molar-refractivity contribution in [2.45, 2.75) is 59.9 Å². The van der Waals surface area contributed by atoms with Gasteiger partial charge in [0.15, 0.2) is 0 Å². The number of carbonyl (C=O) groups is 1. The normalized spacial score (nSPS) is 35.9. The van der Waals surface area contributed by atoms with Crippen LogP contribution < -0.4 is 10.6 Å². The molecule has 1 amide bonds. The van der Waals surface area contributed by atoms with Crippen LogP contribution in [0.4, 0.5) is 0 Å². The fourth-order valence-corrected chi connectivity index (χ4v) is 4.11. The molecule has 2 aliphatic rings. The maximum Gasteiger partial charge on any atom is 0.233 e. The van der Waals surface area contributed by atoms with E-state index in [0.29, 0.717) is 29.3 Å². The summed E-state index contributed by atoms with van der Waals surface area (Å²) in [5.41, 5.74) is 0.773. The Morgan fingerprint density at radius 3 is 2.47 bits per heavy atom. The van der Waals surface area contributed by atoms with Crippen LogP contribution in [0.5, 0.6) is 0 Å². The average Bonchev–Trinajstić information content (AvgIpc) is 2.66. The SMILES string of the molecule is CC(C)CNC(=O)CNC1CC2CCC1(C)C2(C)C. The zero-order chi connectivity index (χ0) is 14.3. The van der Waals surface area contributed by atoms with Crippen LogP contribution in [0.3, 0.4) is 0 Å². The van der Waals surface area contributed by atoms with Gasteiger partial charge in [-0.15, -0.1) is 0 Å². The molecule has 0 aliphatic heterocycles. The third-order valence-corrected chi connectivity index (χ3v) is 6.01. The number of amides is 1. The van der Waals surface area contributed by atoms with Gasteiger partial charge in [0.05, 0.1) is 6.54 Å². The molecular formula is C16H30N2O. The summed E-state index contributed by atoms with van der Waals surface area (Å²) in [7, 11) is 0. The van der Waals surface area contributed by atoms with Crippen LogP contribution in [0.25, 0.3) is 0 Å². The van der Waals surface area contributed by atoms with E-state index in [2.05, 4.69) is 45.3 Å². The number of rotatable bonds is 5. The number of fused-ring (bicyclic) bond motifs is 2. The van der Waals surface area contributed by atoms with Crippen molar-refractivity contribution >= 4 is 5.91 Å². The first-order chi connectivity index (χ1) is 8.77. The summed E-state index contributed by atoms with van der Waals surface area (Å²) in [5, 5.41) is 6.50.